The predicted molar refractivity (Wildman–Crippen MR) is 159 cm³/mol. The molecule has 2 fully saturated rings. The normalized spacial score (nSPS) is 19.7. The summed E-state index contributed by atoms with van der Waals surface area (Å²) in [6, 6.07) is 12.1. The largest absolute Gasteiger partial charge is 0.432 e. The molecule has 1 unspecified atom stereocenters. The molecule has 11 heteroatoms. The Morgan fingerprint density at radius 1 is 1.19 bits per heavy atom. The van der Waals surface area contributed by atoms with Crippen molar-refractivity contribution >= 4 is 21.5 Å². The Hall–Kier alpha value is -2.88. The third-order valence-corrected chi connectivity index (χ3v) is 9.77. The summed E-state index contributed by atoms with van der Waals surface area (Å²) in [6.07, 6.45) is 14.8. The van der Waals surface area contributed by atoms with Crippen molar-refractivity contribution in [2.24, 2.45) is 0 Å². The zero-order valence-corrected chi connectivity index (χ0v) is 25.2. The highest BCUT2D eigenvalue weighted by Gasteiger charge is 2.48. The number of nitrogens with zero attached hydrogens (tertiary/aromatic N) is 1. The van der Waals surface area contributed by atoms with Gasteiger partial charge in [0.05, 0.1) is 20.9 Å². The Labute approximate surface area is 250 Å². The highest BCUT2D eigenvalue weighted by molar-refractivity contribution is 7.85. The minimum absolute atomic E-state index is 0.0243. The van der Waals surface area contributed by atoms with Crippen molar-refractivity contribution in [3.8, 4) is 18.1 Å². The van der Waals surface area contributed by atoms with Gasteiger partial charge in [0.15, 0.2) is 5.75 Å². The van der Waals surface area contributed by atoms with Gasteiger partial charge in [-0.2, -0.15) is 17.2 Å². The highest BCUT2D eigenvalue weighted by Crippen LogP contribution is 2.49. The van der Waals surface area contributed by atoms with Crippen molar-refractivity contribution in [3.05, 3.63) is 75.7 Å². The average molecular weight is 619 g/mol. The first-order valence-electron chi connectivity index (χ1n) is 13.9. The van der Waals surface area contributed by atoms with E-state index >= 15 is 0 Å². The van der Waals surface area contributed by atoms with Gasteiger partial charge in [0.1, 0.15) is 0 Å². The molecule has 42 heavy (non-hydrogen) atoms. The molecule has 1 atom stereocenters. The fraction of sp³-hybridized carbons (Fsp3) is 0.452. The number of terminal acetylenes is 1. The van der Waals surface area contributed by atoms with Gasteiger partial charge in [-0.05, 0) is 69.8 Å². The van der Waals surface area contributed by atoms with Crippen LogP contribution in [0.1, 0.15) is 66.6 Å². The number of pyridine rings is 1. The number of hydrogen-bond donors (Lipinski definition) is 2. The second kappa shape index (κ2) is 14.1. The van der Waals surface area contributed by atoms with E-state index in [1.165, 1.54) is 36.3 Å². The fourth-order valence-electron chi connectivity index (χ4n) is 5.86. The first-order chi connectivity index (χ1) is 20.1. The molecule has 1 spiro atoms. The summed E-state index contributed by atoms with van der Waals surface area (Å²) in [6.45, 7) is 0.878. The summed E-state index contributed by atoms with van der Waals surface area (Å²) in [5.41, 5.74) is 2.39. The van der Waals surface area contributed by atoms with Crippen LogP contribution in [-0.2, 0) is 26.8 Å². The third-order valence-electron chi connectivity index (χ3n) is 7.94. The van der Waals surface area contributed by atoms with Gasteiger partial charge in [-0.15, -0.1) is 17.8 Å². The molecule has 2 aliphatic rings. The number of nitrogens with one attached hydrogen (secondary N) is 1. The standard InChI is InChI=1S/C24H28F2N2O2S.C7H8O3S/c1-2-18-16-31-19(21(18)30-22(25)26)15-27-13-10-23(20-7-3-6-12-28-20)11-14-29-24(17-23)8-4-5-9-24;1-6-2-4-7(5-3-6)11(8,9)10/h1,3,6-7,12,16,22,27H,4-5,8-11,13-15,17H2;2-5H,1H3,(H,8,9,10). The molecule has 0 bridgehead atoms. The van der Waals surface area contributed by atoms with Crippen molar-refractivity contribution in [1.82, 2.24) is 10.3 Å². The molecule has 7 nitrogen and oxygen atoms in total. The van der Waals surface area contributed by atoms with Crippen molar-refractivity contribution in [1.29, 1.82) is 0 Å². The zero-order chi connectivity index (χ0) is 30.2. The fourth-order valence-corrected chi connectivity index (χ4v) is 7.23. The molecular weight excluding hydrogens is 582 g/mol. The Balaban J connectivity index is 0.000000310. The number of halogens is 2. The summed E-state index contributed by atoms with van der Waals surface area (Å²) in [4.78, 5) is 5.35. The van der Waals surface area contributed by atoms with Gasteiger partial charge >= 0.3 is 6.61 Å². The summed E-state index contributed by atoms with van der Waals surface area (Å²) in [7, 11) is -4.02. The van der Waals surface area contributed by atoms with Crippen LogP contribution < -0.4 is 10.1 Å². The molecule has 2 N–H and O–H groups in total. The highest BCUT2D eigenvalue weighted by atomic mass is 32.2. The summed E-state index contributed by atoms with van der Waals surface area (Å²) in [5, 5.41) is 5.11. The molecule has 5 rings (SSSR count). The second-order valence-electron chi connectivity index (χ2n) is 10.8. The van der Waals surface area contributed by atoms with Crippen LogP contribution in [0.3, 0.4) is 0 Å². The van der Waals surface area contributed by atoms with Gasteiger partial charge in [-0.1, -0.05) is 42.5 Å². The molecule has 1 saturated heterocycles. The van der Waals surface area contributed by atoms with E-state index in [4.69, 9.17) is 20.7 Å². The molecule has 226 valence electrons. The lowest BCUT2D eigenvalue weighted by molar-refractivity contribution is -0.104. The molecule has 1 saturated carbocycles. The number of benzene rings is 1. The number of hydrogen-bond acceptors (Lipinski definition) is 7. The van der Waals surface area contributed by atoms with Gasteiger partial charge in [0.25, 0.3) is 10.1 Å². The second-order valence-corrected chi connectivity index (χ2v) is 13.2. The number of aromatic nitrogens is 1. The van der Waals surface area contributed by atoms with Crippen molar-refractivity contribution < 1.29 is 31.2 Å². The third kappa shape index (κ3) is 8.14. The van der Waals surface area contributed by atoms with Crippen LogP contribution in [0.4, 0.5) is 8.78 Å². The molecule has 3 heterocycles. The Bertz CT molecular complexity index is 1450. The molecule has 1 aliphatic carbocycles. The predicted octanol–water partition coefficient (Wildman–Crippen LogP) is 6.51. The maximum absolute atomic E-state index is 12.8. The van der Waals surface area contributed by atoms with Crippen molar-refractivity contribution in [3.63, 3.8) is 0 Å². The van der Waals surface area contributed by atoms with Crippen LogP contribution >= 0.6 is 11.3 Å². The smallest absolute Gasteiger partial charge is 0.387 e. The van der Waals surface area contributed by atoms with Crippen molar-refractivity contribution in [2.75, 3.05) is 13.2 Å². The Morgan fingerprint density at radius 3 is 2.55 bits per heavy atom. The number of rotatable bonds is 9. The number of ether oxygens (including phenoxy) is 2. The van der Waals surface area contributed by atoms with Gasteiger partial charge < -0.3 is 14.8 Å². The number of alkyl halides is 2. The average Bonchev–Trinajstić information content (AvgIpc) is 3.57. The van der Waals surface area contributed by atoms with E-state index < -0.39 is 16.7 Å². The Morgan fingerprint density at radius 2 is 1.93 bits per heavy atom. The molecule has 0 amide bonds. The topological polar surface area (TPSA) is 97.8 Å². The minimum Gasteiger partial charge on any atom is -0.432 e. The quantitative estimate of drug-likeness (QED) is 0.160. The lowest BCUT2D eigenvalue weighted by Crippen LogP contribution is -2.47. The molecule has 3 aromatic rings. The van der Waals surface area contributed by atoms with Crippen LogP contribution in [0, 0.1) is 19.3 Å². The van der Waals surface area contributed by atoms with E-state index in [0.29, 0.717) is 17.0 Å². The van der Waals surface area contributed by atoms with Crippen LogP contribution in [0.5, 0.6) is 5.75 Å². The van der Waals surface area contributed by atoms with Gasteiger partial charge in [0.2, 0.25) is 0 Å². The molecular formula is C31H36F2N2O5S2. The van der Waals surface area contributed by atoms with E-state index in [1.54, 1.807) is 17.5 Å². The Kier molecular flexibility index (Phi) is 10.7. The van der Waals surface area contributed by atoms with E-state index in [0.717, 1.165) is 56.5 Å². The van der Waals surface area contributed by atoms with Crippen LogP contribution in [0.25, 0.3) is 0 Å². The van der Waals surface area contributed by atoms with Gasteiger partial charge in [0, 0.05) is 35.8 Å². The first-order valence-corrected chi connectivity index (χ1v) is 16.2. The maximum Gasteiger partial charge on any atom is 0.387 e. The molecule has 0 radical (unpaired) electrons. The lowest BCUT2D eigenvalue weighted by Gasteiger charge is -2.46. The summed E-state index contributed by atoms with van der Waals surface area (Å²) >= 11 is 1.34. The van der Waals surface area contributed by atoms with Crippen molar-refractivity contribution in [2.45, 2.75) is 80.9 Å². The van der Waals surface area contributed by atoms with Crippen LogP contribution in [-0.4, -0.2) is 43.3 Å². The molecule has 2 aromatic heterocycles. The monoisotopic (exact) mass is 618 g/mol. The number of thiophene rings is 1. The lowest BCUT2D eigenvalue weighted by atomic mass is 9.68. The van der Waals surface area contributed by atoms with E-state index in [9.17, 15) is 17.2 Å². The SMILES string of the molecule is C#Cc1csc(CNCCC2(c3ccccn3)CCOC3(CCCC3)C2)c1OC(F)F.Cc1ccc(S(=O)(=O)O)cc1. The summed E-state index contributed by atoms with van der Waals surface area (Å²) in [5.74, 6) is 2.54. The summed E-state index contributed by atoms with van der Waals surface area (Å²) < 4.78 is 66.1. The molecule has 1 aromatic carbocycles. The van der Waals surface area contributed by atoms with Gasteiger partial charge in [-0.3, -0.25) is 9.54 Å². The van der Waals surface area contributed by atoms with E-state index in [1.807, 2.05) is 19.2 Å². The number of aryl methyl sites for hydroxylation is 1. The van der Waals surface area contributed by atoms with Crippen LogP contribution in [0.15, 0.2) is 58.9 Å². The maximum atomic E-state index is 12.8. The zero-order valence-electron chi connectivity index (χ0n) is 23.5. The van der Waals surface area contributed by atoms with E-state index in [-0.39, 0.29) is 21.7 Å². The molecule has 1 aliphatic heterocycles. The van der Waals surface area contributed by atoms with Crippen LogP contribution in [0.2, 0.25) is 0 Å². The minimum atomic E-state index is -4.02. The first kappa shape index (κ1) is 32.0. The van der Waals surface area contributed by atoms with E-state index in [2.05, 4.69) is 28.1 Å². The van der Waals surface area contributed by atoms with Gasteiger partial charge in [-0.25, -0.2) is 0 Å².